The van der Waals surface area contributed by atoms with E-state index in [0.717, 1.165) is 13.0 Å². The van der Waals surface area contributed by atoms with E-state index in [1.54, 1.807) is 12.3 Å². The smallest absolute Gasteiger partial charge is 0.144 e. The van der Waals surface area contributed by atoms with Crippen molar-refractivity contribution in [1.29, 1.82) is 5.26 Å². The highest BCUT2D eigenvalue weighted by Crippen LogP contribution is 2.19. The molecule has 3 N–H and O–H groups in total. The topological polar surface area (TPSA) is 74.7 Å². The number of hydrogen-bond donors (Lipinski definition) is 2. The van der Waals surface area contributed by atoms with Crippen LogP contribution >= 0.6 is 0 Å². The van der Waals surface area contributed by atoms with Crippen LogP contribution in [0.1, 0.15) is 32.8 Å². The molecule has 0 unspecified atom stereocenters. The number of anilines is 2. The number of rotatable bonds is 3. The molecule has 0 atom stereocenters. The van der Waals surface area contributed by atoms with Gasteiger partial charge in [-0.2, -0.15) is 5.26 Å². The highest BCUT2D eigenvalue weighted by molar-refractivity contribution is 5.57. The second kappa shape index (κ2) is 4.84. The van der Waals surface area contributed by atoms with Crippen molar-refractivity contribution >= 4 is 11.5 Å². The molecule has 1 heterocycles. The molecular formula is C12H18N4. The summed E-state index contributed by atoms with van der Waals surface area (Å²) in [5.74, 6) is 0.612. The first-order chi connectivity index (χ1) is 7.42. The predicted octanol–water partition coefficient (Wildman–Crippen LogP) is 2.38. The summed E-state index contributed by atoms with van der Waals surface area (Å²) in [6.07, 6.45) is 2.57. The summed E-state index contributed by atoms with van der Waals surface area (Å²) < 4.78 is 0. The maximum Gasteiger partial charge on any atom is 0.144 e. The van der Waals surface area contributed by atoms with E-state index in [9.17, 15) is 0 Å². The molecular weight excluding hydrogens is 200 g/mol. The van der Waals surface area contributed by atoms with Crippen LogP contribution in [0.25, 0.3) is 0 Å². The van der Waals surface area contributed by atoms with E-state index < -0.39 is 0 Å². The molecule has 4 heteroatoms. The first kappa shape index (κ1) is 12.3. The molecule has 1 aromatic heterocycles. The molecule has 86 valence electrons. The summed E-state index contributed by atoms with van der Waals surface area (Å²) in [6.45, 7) is 7.33. The van der Waals surface area contributed by atoms with Gasteiger partial charge in [-0.05, 0) is 17.9 Å². The third kappa shape index (κ3) is 3.77. The van der Waals surface area contributed by atoms with Gasteiger partial charge in [0.15, 0.2) is 0 Å². The summed E-state index contributed by atoms with van der Waals surface area (Å²) in [5.41, 5.74) is 6.84. The molecule has 0 saturated carbocycles. The third-order valence-electron chi connectivity index (χ3n) is 2.20. The van der Waals surface area contributed by atoms with Crippen LogP contribution in [-0.2, 0) is 0 Å². The normalized spacial score (nSPS) is 10.9. The average Bonchev–Trinajstić information content (AvgIpc) is 2.18. The Morgan fingerprint density at radius 1 is 1.50 bits per heavy atom. The fraction of sp³-hybridized carbons (Fsp3) is 0.500. The largest absolute Gasteiger partial charge is 0.397 e. The fourth-order valence-electron chi connectivity index (χ4n) is 1.26. The summed E-state index contributed by atoms with van der Waals surface area (Å²) >= 11 is 0. The summed E-state index contributed by atoms with van der Waals surface area (Å²) in [4.78, 5) is 4.11. The van der Waals surface area contributed by atoms with Crippen LogP contribution in [0.5, 0.6) is 0 Å². The van der Waals surface area contributed by atoms with Crippen molar-refractivity contribution in [3.63, 3.8) is 0 Å². The minimum Gasteiger partial charge on any atom is -0.397 e. The minimum atomic E-state index is 0.271. The molecule has 0 fully saturated rings. The molecule has 0 bridgehead atoms. The van der Waals surface area contributed by atoms with Gasteiger partial charge in [-0.15, -0.1) is 0 Å². The molecule has 1 aromatic rings. The predicted molar refractivity (Wildman–Crippen MR) is 65.9 cm³/mol. The Labute approximate surface area is 96.5 Å². The second-order valence-electron chi connectivity index (χ2n) is 5.01. The number of pyridine rings is 1. The molecule has 1 rings (SSSR count). The van der Waals surface area contributed by atoms with E-state index in [1.165, 1.54) is 0 Å². The number of nitrogens with zero attached hydrogens (tertiary/aromatic N) is 2. The Hall–Kier alpha value is -1.76. The standard InChI is InChI=1S/C12H18N4/c1-12(2,3)4-5-15-11-9(7-13)6-10(14)8-16-11/h6,8H,4-5,14H2,1-3H3,(H,15,16). The molecule has 0 aliphatic rings. The van der Waals surface area contributed by atoms with Crippen LogP contribution in [0.2, 0.25) is 0 Å². The third-order valence-corrected chi connectivity index (χ3v) is 2.20. The van der Waals surface area contributed by atoms with Crippen molar-refractivity contribution in [3.8, 4) is 6.07 Å². The lowest BCUT2D eigenvalue weighted by Crippen LogP contribution is -2.14. The lowest BCUT2D eigenvalue weighted by atomic mass is 9.92. The molecule has 16 heavy (non-hydrogen) atoms. The molecule has 0 aliphatic heterocycles. The number of nitrogens with one attached hydrogen (secondary N) is 1. The van der Waals surface area contributed by atoms with Crippen LogP contribution in [0.3, 0.4) is 0 Å². The SMILES string of the molecule is CC(C)(C)CCNc1ncc(N)cc1C#N. The number of hydrogen-bond acceptors (Lipinski definition) is 4. The van der Waals surface area contributed by atoms with E-state index in [0.29, 0.717) is 17.1 Å². The summed E-state index contributed by atoms with van der Waals surface area (Å²) in [5, 5.41) is 12.1. The highest BCUT2D eigenvalue weighted by atomic mass is 15.0. The molecule has 0 spiro atoms. The van der Waals surface area contributed by atoms with Gasteiger partial charge in [0.2, 0.25) is 0 Å². The van der Waals surface area contributed by atoms with Crippen LogP contribution in [-0.4, -0.2) is 11.5 Å². The van der Waals surface area contributed by atoms with Crippen molar-refractivity contribution in [2.45, 2.75) is 27.2 Å². The van der Waals surface area contributed by atoms with E-state index in [1.807, 2.05) is 0 Å². The Balaban J connectivity index is 2.65. The number of nitriles is 1. The molecule has 0 aliphatic carbocycles. The summed E-state index contributed by atoms with van der Waals surface area (Å²) in [7, 11) is 0. The second-order valence-corrected chi connectivity index (χ2v) is 5.01. The van der Waals surface area contributed by atoms with Crippen molar-refractivity contribution in [1.82, 2.24) is 4.98 Å². The van der Waals surface area contributed by atoms with Gasteiger partial charge >= 0.3 is 0 Å². The van der Waals surface area contributed by atoms with E-state index in [-0.39, 0.29) is 5.41 Å². The Morgan fingerprint density at radius 2 is 2.19 bits per heavy atom. The first-order valence-corrected chi connectivity index (χ1v) is 5.32. The lowest BCUT2D eigenvalue weighted by Gasteiger charge is -2.18. The number of nitrogen functional groups attached to an aromatic ring is 1. The summed E-state index contributed by atoms with van der Waals surface area (Å²) in [6, 6.07) is 3.71. The van der Waals surface area contributed by atoms with Gasteiger partial charge < -0.3 is 11.1 Å². The molecule has 0 radical (unpaired) electrons. The maximum atomic E-state index is 8.92. The van der Waals surface area contributed by atoms with Gasteiger partial charge in [0, 0.05) is 6.54 Å². The van der Waals surface area contributed by atoms with Gasteiger partial charge in [-0.25, -0.2) is 4.98 Å². The molecule has 0 aromatic carbocycles. The lowest BCUT2D eigenvalue weighted by molar-refractivity contribution is 0.389. The van der Waals surface area contributed by atoms with Gasteiger partial charge in [-0.1, -0.05) is 20.8 Å². The van der Waals surface area contributed by atoms with E-state index in [2.05, 4.69) is 37.1 Å². The van der Waals surface area contributed by atoms with Crippen LogP contribution in [0.4, 0.5) is 11.5 Å². The van der Waals surface area contributed by atoms with Crippen LogP contribution < -0.4 is 11.1 Å². The quantitative estimate of drug-likeness (QED) is 0.816. The minimum absolute atomic E-state index is 0.271. The first-order valence-electron chi connectivity index (χ1n) is 5.32. The Morgan fingerprint density at radius 3 is 2.75 bits per heavy atom. The molecule has 0 saturated heterocycles. The van der Waals surface area contributed by atoms with E-state index >= 15 is 0 Å². The van der Waals surface area contributed by atoms with E-state index in [4.69, 9.17) is 11.0 Å². The van der Waals surface area contributed by atoms with Gasteiger partial charge in [-0.3, -0.25) is 0 Å². The number of aromatic nitrogens is 1. The van der Waals surface area contributed by atoms with Crippen molar-refractivity contribution in [2.24, 2.45) is 5.41 Å². The highest BCUT2D eigenvalue weighted by Gasteiger charge is 2.10. The van der Waals surface area contributed by atoms with Crippen LogP contribution in [0.15, 0.2) is 12.3 Å². The van der Waals surface area contributed by atoms with Gasteiger partial charge in [0.05, 0.1) is 17.4 Å². The maximum absolute atomic E-state index is 8.92. The molecule has 4 nitrogen and oxygen atoms in total. The Bertz CT molecular complexity index is 398. The zero-order valence-electron chi connectivity index (χ0n) is 10.0. The zero-order valence-corrected chi connectivity index (χ0v) is 10.0. The van der Waals surface area contributed by atoms with Crippen molar-refractivity contribution < 1.29 is 0 Å². The van der Waals surface area contributed by atoms with Crippen molar-refractivity contribution in [2.75, 3.05) is 17.6 Å². The van der Waals surface area contributed by atoms with Crippen molar-refractivity contribution in [3.05, 3.63) is 17.8 Å². The number of nitrogens with two attached hydrogens (primary N) is 1. The fourth-order valence-corrected chi connectivity index (χ4v) is 1.26. The average molecular weight is 218 g/mol. The molecule has 0 amide bonds. The van der Waals surface area contributed by atoms with Crippen LogP contribution in [0, 0.1) is 16.7 Å². The van der Waals surface area contributed by atoms with Gasteiger partial charge in [0.25, 0.3) is 0 Å². The Kier molecular flexibility index (Phi) is 3.73. The monoisotopic (exact) mass is 218 g/mol. The van der Waals surface area contributed by atoms with Gasteiger partial charge in [0.1, 0.15) is 11.9 Å². The zero-order chi connectivity index (χ0) is 12.2.